The van der Waals surface area contributed by atoms with Gasteiger partial charge in [-0.2, -0.15) is 0 Å². The Bertz CT molecular complexity index is 1940. The zero-order chi connectivity index (χ0) is 40.4. The predicted octanol–water partition coefficient (Wildman–Crippen LogP) is 7.30. The molecule has 54 heavy (non-hydrogen) atoms. The molecule has 10 nitrogen and oxygen atoms in total. The number of nitrogens with one attached hydrogen (secondary N) is 4. The van der Waals surface area contributed by atoms with Crippen LogP contribution in [0.15, 0.2) is 84.9 Å². The number of hydrogen-bond donors (Lipinski definition) is 4. The molecule has 4 aromatic rings. The van der Waals surface area contributed by atoms with Crippen LogP contribution in [-0.4, -0.2) is 52.2 Å². The van der Waals surface area contributed by atoms with Gasteiger partial charge in [0.2, 0.25) is 20.0 Å². The Labute approximate surface area is 313 Å². The summed E-state index contributed by atoms with van der Waals surface area (Å²) < 4.78 is 105. The molecule has 0 radical (unpaired) electrons. The topological polar surface area (TPSA) is 151 Å². The molecule has 0 aliphatic carbocycles. The van der Waals surface area contributed by atoms with Gasteiger partial charge >= 0.3 is 0 Å². The molecule has 0 aliphatic heterocycles. The Kier molecular flexibility index (Phi) is 15.5. The largest absolute Gasteiger partial charge is 0.322 e. The van der Waals surface area contributed by atoms with Gasteiger partial charge < -0.3 is 10.6 Å². The summed E-state index contributed by atoms with van der Waals surface area (Å²) in [6.45, 7) is 10.7. The summed E-state index contributed by atoms with van der Waals surface area (Å²) in [5.41, 5.74) is 2.46. The molecule has 2 amide bonds. The zero-order valence-electron chi connectivity index (χ0n) is 30.6. The van der Waals surface area contributed by atoms with Crippen LogP contribution in [0.3, 0.4) is 0 Å². The Morgan fingerprint density at radius 2 is 0.778 bits per heavy atom. The SMILES string of the molecule is CC(C)S(=O)(=O)NC[C@H](C)c1ccc(NC(=O)c2cc(F)cc(F)c2)cc1.CC(CNS(=O)(=O)C(C)C)c1ccc(NC(=O)c2cc(F)cc(F)c2)cc1. The van der Waals surface area contributed by atoms with Crippen molar-refractivity contribution < 1.29 is 44.0 Å². The van der Waals surface area contributed by atoms with Crippen LogP contribution in [0, 0.1) is 23.3 Å². The van der Waals surface area contributed by atoms with E-state index in [1.165, 1.54) is 0 Å². The van der Waals surface area contributed by atoms with Gasteiger partial charge in [-0.15, -0.1) is 0 Å². The van der Waals surface area contributed by atoms with Crippen molar-refractivity contribution in [2.75, 3.05) is 23.7 Å². The van der Waals surface area contributed by atoms with E-state index in [4.69, 9.17) is 0 Å². The summed E-state index contributed by atoms with van der Waals surface area (Å²) in [6, 6.07) is 18.8. The normalized spacial score (nSPS) is 12.8. The van der Waals surface area contributed by atoms with Crippen molar-refractivity contribution in [1.29, 1.82) is 0 Å². The second-order valence-corrected chi connectivity index (χ2v) is 17.8. The molecule has 16 heteroatoms. The number of sulfonamides is 2. The van der Waals surface area contributed by atoms with Crippen molar-refractivity contribution in [3.8, 4) is 0 Å². The van der Waals surface area contributed by atoms with Crippen molar-refractivity contribution in [2.45, 2.75) is 63.9 Å². The average molecular weight is 793 g/mol. The number of halogens is 4. The van der Waals surface area contributed by atoms with Gasteiger partial charge in [0.15, 0.2) is 0 Å². The monoisotopic (exact) mass is 792 g/mol. The number of rotatable bonds is 14. The van der Waals surface area contributed by atoms with Crippen LogP contribution in [0.2, 0.25) is 0 Å². The summed E-state index contributed by atoms with van der Waals surface area (Å²) in [4.78, 5) is 24.2. The number of anilines is 2. The highest BCUT2D eigenvalue weighted by Gasteiger charge is 2.19. The van der Waals surface area contributed by atoms with Gasteiger partial charge in [-0.3, -0.25) is 9.59 Å². The summed E-state index contributed by atoms with van der Waals surface area (Å²) >= 11 is 0. The fourth-order valence-electron chi connectivity index (χ4n) is 4.62. The highest BCUT2D eigenvalue weighted by molar-refractivity contribution is 7.90. The Hall–Kier alpha value is -4.64. The van der Waals surface area contributed by atoms with Crippen LogP contribution >= 0.6 is 0 Å². The first kappa shape index (κ1) is 43.8. The molecule has 0 heterocycles. The number of carbonyl (C=O) groups excluding carboxylic acids is 2. The maximum Gasteiger partial charge on any atom is 0.255 e. The van der Waals surface area contributed by atoms with Gasteiger partial charge in [0.1, 0.15) is 23.3 Å². The van der Waals surface area contributed by atoms with Crippen LogP contribution in [0.4, 0.5) is 28.9 Å². The molecule has 292 valence electrons. The van der Waals surface area contributed by atoms with E-state index < -0.39 is 65.6 Å². The van der Waals surface area contributed by atoms with E-state index in [1.54, 1.807) is 76.2 Å². The highest BCUT2D eigenvalue weighted by Crippen LogP contribution is 2.21. The van der Waals surface area contributed by atoms with Crippen LogP contribution in [0.5, 0.6) is 0 Å². The third-order valence-electron chi connectivity index (χ3n) is 8.15. The van der Waals surface area contributed by atoms with Gasteiger partial charge in [0.25, 0.3) is 11.8 Å². The quantitative estimate of drug-likeness (QED) is 0.0986. The van der Waals surface area contributed by atoms with Crippen molar-refractivity contribution in [3.63, 3.8) is 0 Å². The number of amides is 2. The number of carbonyl (C=O) groups is 2. The molecule has 0 fully saturated rings. The second kappa shape index (κ2) is 19.1. The van der Waals surface area contributed by atoms with E-state index in [1.807, 2.05) is 13.8 Å². The van der Waals surface area contributed by atoms with Gasteiger partial charge in [-0.1, -0.05) is 38.1 Å². The van der Waals surface area contributed by atoms with Crippen molar-refractivity contribution in [3.05, 3.63) is 130 Å². The lowest BCUT2D eigenvalue weighted by molar-refractivity contribution is 0.101. The smallest absolute Gasteiger partial charge is 0.255 e. The zero-order valence-corrected chi connectivity index (χ0v) is 32.2. The van der Waals surface area contributed by atoms with Crippen molar-refractivity contribution in [1.82, 2.24) is 9.44 Å². The van der Waals surface area contributed by atoms with E-state index in [-0.39, 0.29) is 36.1 Å². The Morgan fingerprint density at radius 3 is 1.04 bits per heavy atom. The third-order valence-corrected chi connectivity index (χ3v) is 11.8. The second-order valence-electron chi connectivity index (χ2n) is 13.2. The predicted molar refractivity (Wildman–Crippen MR) is 202 cm³/mol. The molecule has 0 saturated carbocycles. The van der Waals surface area contributed by atoms with Crippen molar-refractivity contribution in [2.24, 2.45) is 0 Å². The molecular weight excluding hydrogens is 749 g/mol. The molecule has 2 atom stereocenters. The molecular formula is C38H44F4N4O6S2. The summed E-state index contributed by atoms with van der Waals surface area (Å²) in [7, 11) is -6.66. The Balaban J connectivity index is 0.000000290. The van der Waals surface area contributed by atoms with Crippen LogP contribution in [0.25, 0.3) is 0 Å². The molecule has 4 rings (SSSR count). The minimum Gasteiger partial charge on any atom is -0.322 e. The Morgan fingerprint density at radius 1 is 0.500 bits per heavy atom. The van der Waals surface area contributed by atoms with E-state index in [0.717, 1.165) is 35.4 Å². The lowest BCUT2D eigenvalue weighted by Gasteiger charge is -2.15. The van der Waals surface area contributed by atoms with E-state index in [0.29, 0.717) is 23.5 Å². The van der Waals surface area contributed by atoms with Gasteiger partial charge in [0.05, 0.1) is 10.5 Å². The average Bonchev–Trinajstić information content (AvgIpc) is 3.09. The first-order valence-electron chi connectivity index (χ1n) is 16.9. The first-order chi connectivity index (χ1) is 25.2. The molecule has 0 spiro atoms. The molecule has 4 aromatic carbocycles. The maximum absolute atomic E-state index is 13.2. The summed E-state index contributed by atoms with van der Waals surface area (Å²) in [6.07, 6.45) is 0. The molecule has 1 unspecified atom stereocenters. The van der Waals surface area contributed by atoms with Gasteiger partial charge in [-0.05, 0) is 99.2 Å². The number of hydrogen-bond acceptors (Lipinski definition) is 6. The lowest BCUT2D eigenvalue weighted by Crippen LogP contribution is -2.33. The minimum atomic E-state index is -3.33. The molecule has 0 bridgehead atoms. The van der Waals surface area contributed by atoms with Crippen LogP contribution < -0.4 is 20.1 Å². The molecule has 4 N–H and O–H groups in total. The minimum absolute atomic E-state index is 0.0689. The summed E-state index contributed by atoms with van der Waals surface area (Å²) in [5.74, 6) is -4.69. The first-order valence-corrected chi connectivity index (χ1v) is 20.0. The fraction of sp³-hybridized carbons (Fsp3) is 0.316. The fourth-order valence-corrected chi connectivity index (χ4v) is 6.25. The van der Waals surface area contributed by atoms with Crippen molar-refractivity contribution >= 4 is 43.2 Å². The molecule has 0 saturated heterocycles. The van der Waals surface area contributed by atoms with E-state index in [9.17, 15) is 44.0 Å². The highest BCUT2D eigenvalue weighted by atomic mass is 32.2. The maximum atomic E-state index is 13.2. The standard InChI is InChI=1S/2C19H22F2N2O3S/c2*1-12(2)27(25,26)22-11-13(3)14-4-6-18(7-5-14)23-19(24)15-8-16(20)10-17(21)9-15/h2*4-10,12-13,22H,11H2,1-3H3,(H,23,24)/t13-;/m0./s1. The van der Waals surface area contributed by atoms with Crippen LogP contribution in [0.1, 0.15) is 85.2 Å². The van der Waals surface area contributed by atoms with Crippen LogP contribution in [-0.2, 0) is 20.0 Å². The third kappa shape index (κ3) is 13.3. The number of benzene rings is 4. The summed E-state index contributed by atoms with van der Waals surface area (Å²) in [5, 5.41) is 4.12. The lowest BCUT2D eigenvalue weighted by atomic mass is 10.0. The molecule has 0 aromatic heterocycles. The van der Waals surface area contributed by atoms with E-state index in [2.05, 4.69) is 20.1 Å². The van der Waals surface area contributed by atoms with E-state index >= 15 is 0 Å². The van der Waals surface area contributed by atoms with Gasteiger partial charge in [0, 0.05) is 47.7 Å². The molecule has 0 aliphatic rings. The van der Waals surface area contributed by atoms with Gasteiger partial charge in [-0.25, -0.2) is 43.8 Å².